The lowest BCUT2D eigenvalue weighted by Gasteiger charge is -2.36. The Hall–Kier alpha value is -1.90. The van der Waals surface area contributed by atoms with Crippen LogP contribution in [-0.2, 0) is 0 Å². The summed E-state index contributed by atoms with van der Waals surface area (Å²) < 4.78 is 0. The standard InChI is InChI=1S/C15H17N5.ClH/c1-10-4-12(17)8-20(7-10)14-3-2-11(5-16)15-13(14)6-18-9-19-15;/h2-3,6,9-10,12H,4,7-8,17H2,1H3;1H/t10-,12+;/m0./s1. The van der Waals surface area contributed by atoms with Gasteiger partial charge in [-0.1, -0.05) is 6.92 Å². The van der Waals surface area contributed by atoms with Gasteiger partial charge < -0.3 is 10.6 Å². The minimum absolute atomic E-state index is 0. The van der Waals surface area contributed by atoms with Crippen molar-refractivity contribution in [2.75, 3.05) is 18.0 Å². The summed E-state index contributed by atoms with van der Waals surface area (Å²) in [4.78, 5) is 10.6. The molecule has 2 aromatic rings. The molecule has 21 heavy (non-hydrogen) atoms. The molecule has 3 rings (SSSR count). The molecule has 1 aromatic heterocycles. The zero-order valence-electron chi connectivity index (χ0n) is 11.9. The van der Waals surface area contributed by atoms with Crippen molar-refractivity contribution in [2.45, 2.75) is 19.4 Å². The molecule has 2 N–H and O–H groups in total. The number of rotatable bonds is 1. The van der Waals surface area contributed by atoms with Crippen LogP contribution in [0.1, 0.15) is 18.9 Å². The summed E-state index contributed by atoms with van der Waals surface area (Å²) in [5.41, 5.74) is 8.50. The van der Waals surface area contributed by atoms with Gasteiger partial charge in [-0.25, -0.2) is 9.97 Å². The van der Waals surface area contributed by atoms with Gasteiger partial charge in [0.15, 0.2) is 0 Å². The molecule has 1 aliphatic rings. The Morgan fingerprint density at radius 2 is 2.19 bits per heavy atom. The summed E-state index contributed by atoms with van der Waals surface area (Å²) in [7, 11) is 0. The summed E-state index contributed by atoms with van der Waals surface area (Å²) in [5, 5.41) is 10.1. The zero-order chi connectivity index (χ0) is 14.1. The molecule has 0 saturated carbocycles. The molecule has 6 heteroatoms. The van der Waals surface area contributed by atoms with Gasteiger partial charge in [0.05, 0.1) is 11.1 Å². The lowest BCUT2D eigenvalue weighted by Crippen LogP contribution is -2.46. The average Bonchev–Trinajstić information content (AvgIpc) is 2.45. The van der Waals surface area contributed by atoms with Crippen molar-refractivity contribution >= 4 is 29.0 Å². The topological polar surface area (TPSA) is 78.8 Å². The fourth-order valence-electron chi connectivity index (χ4n) is 3.03. The molecule has 1 fully saturated rings. The van der Waals surface area contributed by atoms with Crippen molar-refractivity contribution in [2.24, 2.45) is 11.7 Å². The number of nitrogens with two attached hydrogens (primary N) is 1. The Kier molecular flexibility index (Phi) is 4.61. The fraction of sp³-hybridized carbons (Fsp3) is 0.400. The first-order valence-electron chi connectivity index (χ1n) is 6.82. The number of halogens is 1. The minimum atomic E-state index is 0. The van der Waals surface area contributed by atoms with Crippen LogP contribution >= 0.6 is 12.4 Å². The van der Waals surface area contributed by atoms with Gasteiger partial charge in [-0.15, -0.1) is 12.4 Å². The average molecular weight is 304 g/mol. The first kappa shape index (κ1) is 15.5. The van der Waals surface area contributed by atoms with Crippen LogP contribution < -0.4 is 10.6 Å². The van der Waals surface area contributed by atoms with Gasteiger partial charge in [-0.3, -0.25) is 0 Å². The monoisotopic (exact) mass is 303 g/mol. The Labute approximate surface area is 130 Å². The van der Waals surface area contributed by atoms with E-state index in [1.54, 1.807) is 6.20 Å². The number of hydrogen-bond donors (Lipinski definition) is 1. The molecule has 0 spiro atoms. The van der Waals surface area contributed by atoms with E-state index >= 15 is 0 Å². The second kappa shape index (κ2) is 6.25. The predicted molar refractivity (Wildman–Crippen MR) is 85.5 cm³/mol. The fourth-order valence-corrected chi connectivity index (χ4v) is 3.03. The van der Waals surface area contributed by atoms with Crippen molar-refractivity contribution in [3.05, 3.63) is 30.2 Å². The molecule has 1 aliphatic heterocycles. The lowest BCUT2D eigenvalue weighted by atomic mass is 9.95. The molecule has 0 unspecified atom stereocenters. The van der Waals surface area contributed by atoms with Crippen LogP contribution in [0.5, 0.6) is 0 Å². The van der Waals surface area contributed by atoms with Gasteiger partial charge in [0, 0.05) is 36.4 Å². The highest BCUT2D eigenvalue weighted by Gasteiger charge is 2.24. The Morgan fingerprint density at radius 3 is 2.90 bits per heavy atom. The van der Waals surface area contributed by atoms with E-state index < -0.39 is 0 Å². The number of fused-ring (bicyclic) bond motifs is 1. The maximum absolute atomic E-state index is 9.18. The number of nitriles is 1. The zero-order valence-corrected chi connectivity index (χ0v) is 12.7. The van der Waals surface area contributed by atoms with E-state index in [2.05, 4.69) is 27.9 Å². The summed E-state index contributed by atoms with van der Waals surface area (Å²) in [6, 6.07) is 6.18. The third kappa shape index (κ3) is 2.92. The van der Waals surface area contributed by atoms with Crippen molar-refractivity contribution in [1.82, 2.24) is 9.97 Å². The third-order valence-electron chi connectivity index (χ3n) is 3.80. The first-order chi connectivity index (χ1) is 9.69. The molecule has 1 saturated heterocycles. The largest absolute Gasteiger partial charge is 0.369 e. The van der Waals surface area contributed by atoms with Crippen LogP contribution in [0.25, 0.3) is 10.9 Å². The highest BCUT2D eigenvalue weighted by atomic mass is 35.5. The van der Waals surface area contributed by atoms with Crippen LogP contribution in [-0.4, -0.2) is 29.1 Å². The predicted octanol–water partition coefficient (Wildman–Crippen LogP) is 2.10. The van der Waals surface area contributed by atoms with E-state index in [4.69, 9.17) is 5.73 Å². The summed E-state index contributed by atoms with van der Waals surface area (Å²) in [6.45, 7) is 4.03. The van der Waals surface area contributed by atoms with Crippen molar-refractivity contribution in [3.63, 3.8) is 0 Å². The maximum Gasteiger partial charge on any atom is 0.116 e. The molecule has 1 aromatic carbocycles. The van der Waals surface area contributed by atoms with Gasteiger partial charge in [0.25, 0.3) is 0 Å². The van der Waals surface area contributed by atoms with E-state index in [1.807, 2.05) is 12.1 Å². The second-order valence-electron chi connectivity index (χ2n) is 5.54. The molecule has 110 valence electrons. The second-order valence-corrected chi connectivity index (χ2v) is 5.54. The summed E-state index contributed by atoms with van der Waals surface area (Å²) >= 11 is 0. The lowest BCUT2D eigenvalue weighted by molar-refractivity contribution is 0.402. The molecule has 0 aliphatic carbocycles. The number of hydrogen-bond acceptors (Lipinski definition) is 5. The normalized spacial score (nSPS) is 21.7. The minimum Gasteiger partial charge on any atom is -0.369 e. The highest BCUT2D eigenvalue weighted by molar-refractivity contribution is 5.94. The molecule has 2 heterocycles. The maximum atomic E-state index is 9.18. The molecule has 0 amide bonds. The van der Waals surface area contributed by atoms with Crippen molar-refractivity contribution in [1.29, 1.82) is 5.26 Å². The first-order valence-corrected chi connectivity index (χ1v) is 6.82. The van der Waals surface area contributed by atoms with Crippen LogP contribution in [0.4, 0.5) is 5.69 Å². The van der Waals surface area contributed by atoms with Gasteiger partial charge in [-0.2, -0.15) is 5.26 Å². The quantitative estimate of drug-likeness (QED) is 0.872. The Balaban J connectivity index is 0.00000161. The molecule has 0 bridgehead atoms. The number of aromatic nitrogens is 2. The number of piperidine rings is 1. The van der Waals surface area contributed by atoms with Crippen molar-refractivity contribution in [3.8, 4) is 6.07 Å². The molecule has 5 nitrogen and oxygen atoms in total. The van der Waals surface area contributed by atoms with E-state index in [0.717, 1.165) is 30.6 Å². The number of benzene rings is 1. The van der Waals surface area contributed by atoms with Crippen LogP contribution in [0.2, 0.25) is 0 Å². The van der Waals surface area contributed by atoms with Crippen LogP contribution in [0, 0.1) is 17.2 Å². The number of nitrogens with zero attached hydrogens (tertiary/aromatic N) is 4. The van der Waals surface area contributed by atoms with Crippen molar-refractivity contribution < 1.29 is 0 Å². The Bertz CT molecular complexity index is 671. The van der Waals surface area contributed by atoms with E-state index in [9.17, 15) is 5.26 Å². The van der Waals surface area contributed by atoms with Gasteiger partial charge in [-0.05, 0) is 24.5 Å². The highest BCUT2D eigenvalue weighted by Crippen LogP contribution is 2.30. The van der Waals surface area contributed by atoms with E-state index in [0.29, 0.717) is 17.0 Å². The van der Waals surface area contributed by atoms with Crippen LogP contribution in [0.3, 0.4) is 0 Å². The van der Waals surface area contributed by atoms with E-state index in [-0.39, 0.29) is 18.4 Å². The molecular weight excluding hydrogens is 286 g/mol. The Morgan fingerprint density at radius 1 is 1.38 bits per heavy atom. The third-order valence-corrected chi connectivity index (χ3v) is 3.80. The SMILES string of the molecule is C[C@H]1C[C@@H](N)CN(c2ccc(C#N)c3ncncc23)C1.Cl. The van der Waals surface area contributed by atoms with Gasteiger partial charge in [0.2, 0.25) is 0 Å². The van der Waals surface area contributed by atoms with Gasteiger partial charge in [0.1, 0.15) is 12.4 Å². The smallest absolute Gasteiger partial charge is 0.116 e. The summed E-state index contributed by atoms with van der Waals surface area (Å²) in [6.07, 6.45) is 4.32. The van der Waals surface area contributed by atoms with E-state index in [1.165, 1.54) is 6.33 Å². The van der Waals surface area contributed by atoms with Gasteiger partial charge >= 0.3 is 0 Å². The number of anilines is 1. The van der Waals surface area contributed by atoms with Crippen LogP contribution in [0.15, 0.2) is 24.7 Å². The summed E-state index contributed by atoms with van der Waals surface area (Å²) in [5.74, 6) is 0.564. The molecule has 2 atom stereocenters. The molecule has 0 radical (unpaired) electrons. The molecular formula is C15H18ClN5.